The van der Waals surface area contributed by atoms with Crippen molar-refractivity contribution in [3.63, 3.8) is 0 Å². The largest absolute Gasteiger partial charge is 0.486 e. The molecule has 4 heteroatoms. The molecule has 1 aromatic heterocycles. The number of furan rings is 1. The topological polar surface area (TPSA) is 31.6 Å². The van der Waals surface area contributed by atoms with E-state index in [0.29, 0.717) is 18.4 Å². The summed E-state index contributed by atoms with van der Waals surface area (Å²) in [6.45, 7) is 3.26. The van der Waals surface area contributed by atoms with Gasteiger partial charge in [-0.25, -0.2) is 0 Å². The second-order valence-electron chi connectivity index (χ2n) is 5.25. The highest BCUT2D eigenvalue weighted by Gasteiger charge is 2.17. The van der Waals surface area contributed by atoms with Gasteiger partial charge in [-0.1, -0.05) is 25.1 Å². The lowest BCUT2D eigenvalue weighted by Gasteiger charge is -2.19. The van der Waals surface area contributed by atoms with E-state index in [1.807, 2.05) is 30.3 Å². The van der Waals surface area contributed by atoms with Crippen LogP contribution in [0.4, 0.5) is 0 Å². The summed E-state index contributed by atoms with van der Waals surface area (Å²) >= 11 is 6.23. The summed E-state index contributed by atoms with van der Waals surface area (Å²) in [6, 6.07) is 12.0. The monoisotopic (exact) mass is 314 g/mol. The van der Waals surface area contributed by atoms with Crippen molar-refractivity contribution in [1.29, 1.82) is 0 Å². The van der Waals surface area contributed by atoms with E-state index in [-0.39, 0.29) is 0 Å². The fraction of sp³-hybridized carbons (Fsp3) is 0.222. The molecule has 1 aliphatic rings. The van der Waals surface area contributed by atoms with Gasteiger partial charge in [0.2, 0.25) is 0 Å². The van der Waals surface area contributed by atoms with E-state index in [0.717, 1.165) is 45.6 Å². The molecule has 3 aromatic rings. The Morgan fingerprint density at radius 3 is 2.68 bits per heavy atom. The Balaban J connectivity index is 1.94. The van der Waals surface area contributed by atoms with Crippen molar-refractivity contribution in [2.75, 3.05) is 13.2 Å². The number of fused-ring (bicyclic) bond motifs is 2. The van der Waals surface area contributed by atoms with Gasteiger partial charge in [0.05, 0.1) is 0 Å². The van der Waals surface area contributed by atoms with Crippen LogP contribution in [0.3, 0.4) is 0 Å². The molecule has 22 heavy (non-hydrogen) atoms. The highest BCUT2D eigenvalue weighted by molar-refractivity contribution is 6.31. The van der Waals surface area contributed by atoms with Gasteiger partial charge >= 0.3 is 0 Å². The molecule has 0 radical (unpaired) electrons. The van der Waals surface area contributed by atoms with Crippen molar-refractivity contribution in [3.8, 4) is 22.6 Å². The number of ether oxygens (including phenoxy) is 2. The Kier molecular flexibility index (Phi) is 3.23. The first-order chi connectivity index (χ1) is 10.8. The SMILES string of the molecule is CCc1c(Cl)oc2cccc(-c3ccc4c(c3)OCCO4)c12. The number of halogens is 1. The second kappa shape index (κ2) is 5.25. The van der Waals surface area contributed by atoms with Gasteiger partial charge in [-0.3, -0.25) is 0 Å². The predicted octanol–water partition coefficient (Wildman–Crippen LogP) is 5.09. The standard InChI is InChI=1S/C18H15ClO3/c1-2-12-17-13(4-3-5-15(17)22-18(12)19)11-6-7-14-16(10-11)21-9-8-20-14/h3-7,10H,2,8-9H2,1H3. The van der Waals surface area contributed by atoms with Crippen LogP contribution in [0.2, 0.25) is 5.22 Å². The third kappa shape index (κ3) is 2.04. The van der Waals surface area contributed by atoms with E-state index in [2.05, 4.69) is 13.0 Å². The molecular formula is C18H15ClO3. The first-order valence-corrected chi connectivity index (χ1v) is 7.75. The van der Waals surface area contributed by atoms with Gasteiger partial charge in [-0.15, -0.1) is 0 Å². The third-order valence-corrected chi connectivity index (χ3v) is 4.28. The van der Waals surface area contributed by atoms with Gasteiger partial charge < -0.3 is 13.9 Å². The lowest BCUT2D eigenvalue weighted by atomic mass is 9.98. The molecule has 0 atom stereocenters. The van der Waals surface area contributed by atoms with Crippen LogP contribution in [0.5, 0.6) is 11.5 Å². The van der Waals surface area contributed by atoms with E-state index in [1.54, 1.807) is 0 Å². The number of hydrogen-bond donors (Lipinski definition) is 0. The first-order valence-electron chi connectivity index (χ1n) is 7.38. The minimum Gasteiger partial charge on any atom is -0.486 e. The molecule has 0 fully saturated rings. The van der Waals surface area contributed by atoms with Gasteiger partial charge in [0, 0.05) is 10.9 Å². The molecule has 112 valence electrons. The van der Waals surface area contributed by atoms with Crippen LogP contribution in [-0.2, 0) is 6.42 Å². The highest BCUT2D eigenvalue weighted by atomic mass is 35.5. The van der Waals surface area contributed by atoms with Gasteiger partial charge in [0.15, 0.2) is 16.7 Å². The molecule has 0 bridgehead atoms. The first kappa shape index (κ1) is 13.5. The molecule has 3 nitrogen and oxygen atoms in total. The fourth-order valence-corrected chi connectivity index (χ4v) is 3.26. The third-order valence-electron chi connectivity index (χ3n) is 3.97. The maximum Gasteiger partial charge on any atom is 0.197 e. The zero-order valence-electron chi connectivity index (χ0n) is 12.2. The number of aryl methyl sites for hydroxylation is 1. The lowest BCUT2D eigenvalue weighted by molar-refractivity contribution is 0.171. The molecule has 0 saturated carbocycles. The van der Waals surface area contributed by atoms with Crippen molar-refractivity contribution < 1.29 is 13.9 Å². The average Bonchev–Trinajstić information content (AvgIpc) is 2.89. The van der Waals surface area contributed by atoms with E-state index in [9.17, 15) is 0 Å². The smallest absolute Gasteiger partial charge is 0.197 e. The Morgan fingerprint density at radius 2 is 1.86 bits per heavy atom. The minimum absolute atomic E-state index is 0.475. The summed E-state index contributed by atoms with van der Waals surface area (Å²) in [5, 5.41) is 1.55. The summed E-state index contributed by atoms with van der Waals surface area (Å²) in [5.41, 5.74) is 4.03. The van der Waals surface area contributed by atoms with Crippen molar-refractivity contribution in [1.82, 2.24) is 0 Å². The maximum atomic E-state index is 6.23. The van der Waals surface area contributed by atoms with Crippen molar-refractivity contribution in [2.24, 2.45) is 0 Å². The number of rotatable bonds is 2. The summed E-state index contributed by atoms with van der Waals surface area (Å²) in [7, 11) is 0. The molecule has 0 amide bonds. The van der Waals surface area contributed by atoms with E-state index >= 15 is 0 Å². The van der Waals surface area contributed by atoms with Crippen LogP contribution in [0.25, 0.3) is 22.1 Å². The van der Waals surface area contributed by atoms with Crippen molar-refractivity contribution in [3.05, 3.63) is 47.2 Å². The predicted molar refractivity (Wildman–Crippen MR) is 87.0 cm³/mol. The van der Waals surface area contributed by atoms with Crippen LogP contribution in [0.15, 0.2) is 40.8 Å². The Bertz CT molecular complexity index is 851. The van der Waals surface area contributed by atoms with Gasteiger partial charge in [-0.2, -0.15) is 0 Å². The number of benzene rings is 2. The molecular weight excluding hydrogens is 300 g/mol. The Labute approximate surface area is 133 Å². The lowest BCUT2D eigenvalue weighted by Crippen LogP contribution is -2.15. The van der Waals surface area contributed by atoms with Crippen LogP contribution in [0.1, 0.15) is 12.5 Å². The molecule has 2 heterocycles. The van der Waals surface area contributed by atoms with Gasteiger partial charge in [-0.05, 0) is 47.3 Å². The molecule has 0 saturated heterocycles. The Hall–Kier alpha value is -2.13. The number of hydrogen-bond acceptors (Lipinski definition) is 3. The Morgan fingerprint density at radius 1 is 1.05 bits per heavy atom. The zero-order valence-corrected chi connectivity index (χ0v) is 12.9. The van der Waals surface area contributed by atoms with Crippen molar-refractivity contribution >= 4 is 22.6 Å². The summed E-state index contributed by atoms with van der Waals surface area (Å²) in [5.74, 6) is 1.58. The molecule has 0 N–H and O–H groups in total. The van der Waals surface area contributed by atoms with Crippen LogP contribution < -0.4 is 9.47 Å². The maximum absolute atomic E-state index is 6.23. The van der Waals surface area contributed by atoms with Gasteiger partial charge in [0.25, 0.3) is 0 Å². The quantitative estimate of drug-likeness (QED) is 0.660. The zero-order chi connectivity index (χ0) is 15.1. The fourth-order valence-electron chi connectivity index (χ4n) is 2.95. The van der Waals surface area contributed by atoms with Crippen LogP contribution >= 0.6 is 11.6 Å². The second-order valence-corrected chi connectivity index (χ2v) is 5.59. The molecule has 0 aliphatic carbocycles. The normalized spacial score (nSPS) is 13.5. The van der Waals surface area contributed by atoms with Gasteiger partial charge in [0.1, 0.15) is 18.8 Å². The van der Waals surface area contributed by atoms with Crippen molar-refractivity contribution in [2.45, 2.75) is 13.3 Å². The van der Waals surface area contributed by atoms with E-state index in [4.69, 9.17) is 25.5 Å². The summed E-state index contributed by atoms with van der Waals surface area (Å²) in [4.78, 5) is 0. The minimum atomic E-state index is 0.475. The van der Waals surface area contributed by atoms with Crippen LogP contribution in [0, 0.1) is 0 Å². The van der Waals surface area contributed by atoms with Crippen LogP contribution in [-0.4, -0.2) is 13.2 Å². The summed E-state index contributed by atoms with van der Waals surface area (Å²) < 4.78 is 16.9. The molecule has 1 aliphatic heterocycles. The van der Waals surface area contributed by atoms with E-state index in [1.165, 1.54) is 0 Å². The molecule has 2 aromatic carbocycles. The highest BCUT2D eigenvalue weighted by Crippen LogP contribution is 2.40. The average molecular weight is 315 g/mol. The van der Waals surface area contributed by atoms with E-state index < -0.39 is 0 Å². The summed E-state index contributed by atoms with van der Waals surface area (Å²) in [6.07, 6.45) is 0.827. The molecule has 4 rings (SSSR count). The molecule has 0 unspecified atom stereocenters. The molecule has 0 spiro atoms.